The van der Waals surface area contributed by atoms with Crippen LogP contribution in [0.4, 0.5) is 0 Å². The smallest absolute Gasteiger partial charge is 0.326 e. The first-order valence-corrected chi connectivity index (χ1v) is 5.09. The Morgan fingerprint density at radius 2 is 2.00 bits per heavy atom. The van der Waals surface area contributed by atoms with Gasteiger partial charge in [0, 0.05) is 0 Å². The predicted molar refractivity (Wildman–Crippen MR) is 61.8 cm³/mol. The lowest BCUT2D eigenvalue weighted by molar-refractivity contribution is -0.145. The number of amides is 1. The molecule has 5 heteroatoms. The minimum absolute atomic E-state index is 0.322. The molecular formula is C11H20N2O3. The molecule has 1 unspecified atom stereocenters. The van der Waals surface area contributed by atoms with Crippen molar-refractivity contribution in [2.75, 3.05) is 0 Å². The number of carboxylic acid groups (broad SMARTS) is 1. The van der Waals surface area contributed by atoms with Gasteiger partial charge < -0.3 is 16.2 Å². The third kappa shape index (κ3) is 4.44. The third-order valence-corrected chi connectivity index (χ3v) is 2.16. The highest BCUT2D eigenvalue weighted by molar-refractivity contribution is 5.87. The summed E-state index contributed by atoms with van der Waals surface area (Å²) in [4.78, 5) is 22.5. The number of nitrogens with one attached hydrogen (secondary N) is 1. The zero-order valence-electron chi connectivity index (χ0n) is 9.99. The molecule has 1 amide bonds. The predicted octanol–water partition coefficient (Wildman–Crippen LogP) is 0.505. The summed E-state index contributed by atoms with van der Waals surface area (Å²) in [6.07, 6.45) is 1.85. The maximum absolute atomic E-state index is 11.5. The first kappa shape index (κ1) is 14.6. The largest absolute Gasteiger partial charge is 0.480 e. The number of carbonyl (C=O) groups is 2. The molecule has 0 aliphatic carbocycles. The number of carboxylic acids is 1. The first-order valence-electron chi connectivity index (χ1n) is 5.09. The molecule has 92 valence electrons. The van der Waals surface area contributed by atoms with E-state index in [4.69, 9.17) is 10.8 Å². The van der Waals surface area contributed by atoms with Crippen LogP contribution >= 0.6 is 0 Å². The van der Waals surface area contributed by atoms with Crippen LogP contribution in [0.2, 0.25) is 0 Å². The lowest BCUT2D eigenvalue weighted by atomic mass is 9.86. The summed E-state index contributed by atoms with van der Waals surface area (Å²) in [5.74, 6) is -1.53. The van der Waals surface area contributed by atoms with Crippen molar-refractivity contribution in [3.8, 4) is 0 Å². The molecule has 0 aliphatic rings. The molecule has 0 aromatic carbocycles. The summed E-state index contributed by atoms with van der Waals surface area (Å²) in [5.41, 5.74) is 4.98. The standard InChI is InChI=1S/C11H20N2O3/c1-5-6-7(12)9(14)13-8(10(15)16)11(2,3)4/h5,7-8H,1,6,12H2,2-4H3,(H,13,14)(H,15,16)/t7?,8-/m0/s1. The van der Waals surface area contributed by atoms with E-state index in [0.717, 1.165) is 0 Å². The zero-order valence-corrected chi connectivity index (χ0v) is 9.99. The van der Waals surface area contributed by atoms with E-state index in [1.807, 2.05) is 0 Å². The molecule has 0 radical (unpaired) electrons. The Morgan fingerprint density at radius 3 is 2.31 bits per heavy atom. The van der Waals surface area contributed by atoms with Crippen LogP contribution in [0.15, 0.2) is 12.7 Å². The van der Waals surface area contributed by atoms with Crippen LogP contribution < -0.4 is 11.1 Å². The topological polar surface area (TPSA) is 92.4 Å². The van der Waals surface area contributed by atoms with Crippen molar-refractivity contribution in [2.24, 2.45) is 11.1 Å². The summed E-state index contributed by atoms with van der Waals surface area (Å²) in [6, 6.07) is -1.70. The number of aliphatic carboxylic acids is 1. The summed E-state index contributed by atoms with van der Waals surface area (Å²) in [7, 11) is 0. The van der Waals surface area contributed by atoms with Gasteiger partial charge in [0.25, 0.3) is 0 Å². The van der Waals surface area contributed by atoms with Gasteiger partial charge in [-0.15, -0.1) is 6.58 Å². The Balaban J connectivity index is 4.59. The van der Waals surface area contributed by atoms with Gasteiger partial charge in [0.05, 0.1) is 6.04 Å². The summed E-state index contributed by atoms with van der Waals surface area (Å²) >= 11 is 0. The Hall–Kier alpha value is -1.36. The minimum Gasteiger partial charge on any atom is -0.480 e. The number of hydrogen-bond donors (Lipinski definition) is 3. The SMILES string of the molecule is C=CCC(N)C(=O)N[C@@H](C(=O)O)C(C)(C)C. The average molecular weight is 228 g/mol. The molecule has 5 nitrogen and oxygen atoms in total. The first-order chi connectivity index (χ1) is 7.20. The van der Waals surface area contributed by atoms with Crippen molar-refractivity contribution in [1.82, 2.24) is 5.32 Å². The molecule has 0 rings (SSSR count). The van der Waals surface area contributed by atoms with E-state index in [9.17, 15) is 9.59 Å². The molecular weight excluding hydrogens is 208 g/mol. The van der Waals surface area contributed by atoms with Gasteiger partial charge in [0.15, 0.2) is 0 Å². The minimum atomic E-state index is -1.06. The van der Waals surface area contributed by atoms with Crippen molar-refractivity contribution in [3.05, 3.63) is 12.7 Å². The highest BCUT2D eigenvalue weighted by Gasteiger charge is 2.33. The lowest BCUT2D eigenvalue weighted by Gasteiger charge is -2.28. The van der Waals surface area contributed by atoms with E-state index in [-0.39, 0.29) is 0 Å². The van der Waals surface area contributed by atoms with E-state index >= 15 is 0 Å². The van der Waals surface area contributed by atoms with Crippen LogP contribution in [-0.2, 0) is 9.59 Å². The molecule has 4 N–H and O–H groups in total. The van der Waals surface area contributed by atoms with Crippen molar-refractivity contribution in [2.45, 2.75) is 39.3 Å². The lowest BCUT2D eigenvalue weighted by Crippen LogP contribution is -2.53. The second-order valence-electron chi connectivity index (χ2n) is 4.78. The van der Waals surface area contributed by atoms with E-state index in [1.54, 1.807) is 20.8 Å². The molecule has 0 fully saturated rings. The van der Waals surface area contributed by atoms with Gasteiger partial charge in [0.1, 0.15) is 6.04 Å². The molecule has 16 heavy (non-hydrogen) atoms. The number of carbonyl (C=O) groups excluding carboxylic acids is 1. The van der Waals surface area contributed by atoms with Gasteiger partial charge in [-0.3, -0.25) is 4.79 Å². The van der Waals surface area contributed by atoms with Crippen molar-refractivity contribution >= 4 is 11.9 Å². The quantitative estimate of drug-likeness (QED) is 0.598. The molecule has 0 aromatic rings. The van der Waals surface area contributed by atoms with Crippen LogP contribution in [0.25, 0.3) is 0 Å². The number of rotatable bonds is 5. The molecule has 0 aromatic heterocycles. The van der Waals surface area contributed by atoms with Gasteiger partial charge in [-0.2, -0.15) is 0 Å². The third-order valence-electron chi connectivity index (χ3n) is 2.16. The monoisotopic (exact) mass is 228 g/mol. The second-order valence-corrected chi connectivity index (χ2v) is 4.78. The number of nitrogens with two attached hydrogens (primary N) is 1. The molecule has 2 atom stereocenters. The molecule has 0 saturated heterocycles. The Labute approximate surface area is 95.7 Å². The normalized spacial score (nSPS) is 15.0. The fraction of sp³-hybridized carbons (Fsp3) is 0.636. The molecule has 0 spiro atoms. The Kier molecular flexibility index (Phi) is 5.17. The van der Waals surface area contributed by atoms with Crippen molar-refractivity contribution < 1.29 is 14.7 Å². The highest BCUT2D eigenvalue weighted by Crippen LogP contribution is 2.19. The van der Waals surface area contributed by atoms with Crippen molar-refractivity contribution in [1.29, 1.82) is 0 Å². The second kappa shape index (κ2) is 5.65. The molecule has 0 aliphatic heterocycles. The van der Waals surface area contributed by atoms with Crippen LogP contribution in [0.5, 0.6) is 0 Å². The van der Waals surface area contributed by atoms with Crippen molar-refractivity contribution in [3.63, 3.8) is 0 Å². The van der Waals surface area contributed by atoms with Crippen LogP contribution in [0.3, 0.4) is 0 Å². The molecule has 0 bridgehead atoms. The fourth-order valence-electron chi connectivity index (χ4n) is 1.18. The summed E-state index contributed by atoms with van der Waals surface area (Å²) < 4.78 is 0. The van der Waals surface area contributed by atoms with Gasteiger partial charge in [-0.05, 0) is 11.8 Å². The van der Waals surface area contributed by atoms with E-state index in [0.29, 0.717) is 6.42 Å². The molecule has 0 saturated carbocycles. The van der Waals surface area contributed by atoms with E-state index < -0.39 is 29.4 Å². The van der Waals surface area contributed by atoms with Gasteiger partial charge in [-0.1, -0.05) is 26.8 Å². The van der Waals surface area contributed by atoms with E-state index in [2.05, 4.69) is 11.9 Å². The van der Waals surface area contributed by atoms with Crippen LogP contribution in [-0.4, -0.2) is 29.1 Å². The summed E-state index contributed by atoms with van der Waals surface area (Å²) in [5, 5.41) is 11.4. The number of hydrogen-bond acceptors (Lipinski definition) is 3. The maximum atomic E-state index is 11.5. The highest BCUT2D eigenvalue weighted by atomic mass is 16.4. The average Bonchev–Trinajstić information content (AvgIpc) is 2.11. The van der Waals surface area contributed by atoms with Crippen LogP contribution in [0, 0.1) is 5.41 Å². The van der Waals surface area contributed by atoms with Gasteiger partial charge >= 0.3 is 5.97 Å². The van der Waals surface area contributed by atoms with E-state index in [1.165, 1.54) is 6.08 Å². The fourth-order valence-corrected chi connectivity index (χ4v) is 1.18. The van der Waals surface area contributed by atoms with Gasteiger partial charge in [0.2, 0.25) is 5.91 Å². The zero-order chi connectivity index (χ0) is 12.9. The van der Waals surface area contributed by atoms with Gasteiger partial charge in [-0.25, -0.2) is 4.79 Å². The molecule has 0 heterocycles. The Morgan fingerprint density at radius 1 is 1.50 bits per heavy atom. The maximum Gasteiger partial charge on any atom is 0.326 e. The Bertz CT molecular complexity index is 281. The summed E-state index contributed by atoms with van der Waals surface area (Å²) in [6.45, 7) is 8.69. The van der Waals surface area contributed by atoms with Crippen LogP contribution in [0.1, 0.15) is 27.2 Å².